The fraction of sp³-hybridized carbons (Fsp3) is 0.278. The van der Waals surface area contributed by atoms with Gasteiger partial charge in [-0.1, -0.05) is 0 Å². The monoisotopic (exact) mass is 352 g/mol. The van der Waals surface area contributed by atoms with Crippen molar-refractivity contribution in [2.45, 2.75) is 18.9 Å². The summed E-state index contributed by atoms with van der Waals surface area (Å²) in [6, 6.07) is 5.45. The van der Waals surface area contributed by atoms with Crippen molar-refractivity contribution in [3.05, 3.63) is 42.4 Å². The molecule has 1 amide bonds. The Morgan fingerprint density at radius 2 is 2.23 bits per heavy atom. The number of piperidine rings is 1. The molecule has 8 heteroatoms. The highest BCUT2D eigenvalue weighted by molar-refractivity contribution is 6.15. The van der Waals surface area contributed by atoms with Gasteiger partial charge in [0, 0.05) is 31.5 Å². The van der Waals surface area contributed by atoms with Crippen molar-refractivity contribution in [3.8, 4) is 0 Å². The van der Waals surface area contributed by atoms with Crippen LogP contribution in [0.5, 0.6) is 0 Å². The number of anilines is 3. The lowest BCUT2D eigenvalue weighted by Gasteiger charge is -2.33. The van der Waals surface area contributed by atoms with Crippen LogP contribution in [0.3, 0.4) is 0 Å². The van der Waals surface area contributed by atoms with Crippen molar-refractivity contribution < 1.29 is 9.21 Å². The molecule has 1 atom stereocenters. The van der Waals surface area contributed by atoms with Crippen LogP contribution in [0.4, 0.5) is 17.3 Å². The van der Waals surface area contributed by atoms with Gasteiger partial charge in [-0.3, -0.25) is 14.8 Å². The molecule has 1 aliphatic heterocycles. The van der Waals surface area contributed by atoms with Crippen LogP contribution < -0.4 is 21.7 Å². The SMILES string of the molecule is Nc1oc2cccnc2c1C(=O)Nc1cnccc1N1CCC[C@H](N)C1. The predicted molar refractivity (Wildman–Crippen MR) is 100 cm³/mol. The number of hydrogen-bond acceptors (Lipinski definition) is 7. The molecule has 1 aliphatic rings. The van der Waals surface area contributed by atoms with Crippen molar-refractivity contribution in [3.63, 3.8) is 0 Å². The Bertz CT molecular complexity index is 954. The van der Waals surface area contributed by atoms with Crippen molar-refractivity contribution in [1.29, 1.82) is 0 Å². The molecule has 134 valence electrons. The van der Waals surface area contributed by atoms with Crippen molar-refractivity contribution in [2.24, 2.45) is 5.73 Å². The van der Waals surface area contributed by atoms with Gasteiger partial charge in [0.05, 0.1) is 17.6 Å². The first kappa shape index (κ1) is 16.3. The van der Waals surface area contributed by atoms with Crippen LogP contribution in [0.1, 0.15) is 23.2 Å². The average Bonchev–Trinajstić information content (AvgIpc) is 2.98. The molecule has 4 rings (SSSR count). The van der Waals surface area contributed by atoms with Crippen LogP contribution in [0.15, 0.2) is 41.2 Å². The van der Waals surface area contributed by atoms with Gasteiger partial charge in [-0.05, 0) is 31.0 Å². The minimum atomic E-state index is -0.379. The molecule has 0 saturated carbocycles. The van der Waals surface area contributed by atoms with Gasteiger partial charge < -0.3 is 26.1 Å². The normalized spacial score (nSPS) is 17.4. The van der Waals surface area contributed by atoms with E-state index in [-0.39, 0.29) is 23.4 Å². The van der Waals surface area contributed by atoms with Crippen LogP contribution in [-0.2, 0) is 0 Å². The number of carbonyl (C=O) groups excluding carboxylic acids is 1. The van der Waals surface area contributed by atoms with E-state index in [0.717, 1.165) is 31.6 Å². The average molecular weight is 352 g/mol. The second-order valence-electron chi connectivity index (χ2n) is 6.39. The Balaban J connectivity index is 1.65. The summed E-state index contributed by atoms with van der Waals surface area (Å²) in [6.45, 7) is 1.63. The smallest absolute Gasteiger partial charge is 0.263 e. The molecule has 4 heterocycles. The largest absolute Gasteiger partial charge is 0.438 e. The summed E-state index contributed by atoms with van der Waals surface area (Å²) >= 11 is 0. The Hall–Kier alpha value is -3.13. The second-order valence-corrected chi connectivity index (χ2v) is 6.39. The summed E-state index contributed by atoms with van der Waals surface area (Å²) in [5.74, 6) is -0.336. The van der Waals surface area contributed by atoms with Gasteiger partial charge in [0.1, 0.15) is 11.1 Å². The van der Waals surface area contributed by atoms with E-state index in [0.29, 0.717) is 16.8 Å². The van der Waals surface area contributed by atoms with E-state index in [1.165, 1.54) is 0 Å². The molecule has 0 radical (unpaired) electrons. The molecule has 0 unspecified atom stereocenters. The number of rotatable bonds is 3. The van der Waals surface area contributed by atoms with Crippen molar-refractivity contribution in [1.82, 2.24) is 9.97 Å². The van der Waals surface area contributed by atoms with Gasteiger partial charge in [0.25, 0.3) is 5.91 Å². The minimum absolute atomic E-state index is 0.0432. The quantitative estimate of drug-likeness (QED) is 0.658. The molecular formula is C18H20N6O2. The number of hydrogen-bond donors (Lipinski definition) is 3. The van der Waals surface area contributed by atoms with Gasteiger partial charge >= 0.3 is 0 Å². The highest BCUT2D eigenvalue weighted by Crippen LogP contribution is 2.30. The zero-order valence-electron chi connectivity index (χ0n) is 14.2. The molecule has 1 saturated heterocycles. The molecule has 8 nitrogen and oxygen atoms in total. The Labute approximate surface area is 150 Å². The maximum Gasteiger partial charge on any atom is 0.263 e. The summed E-state index contributed by atoms with van der Waals surface area (Å²) in [6.07, 6.45) is 6.94. The van der Waals surface area contributed by atoms with Gasteiger partial charge in [-0.15, -0.1) is 0 Å². The van der Waals surface area contributed by atoms with E-state index < -0.39 is 0 Å². The highest BCUT2D eigenvalue weighted by Gasteiger charge is 2.23. The molecule has 26 heavy (non-hydrogen) atoms. The summed E-state index contributed by atoms with van der Waals surface area (Å²) in [5, 5.41) is 2.89. The van der Waals surface area contributed by atoms with Gasteiger partial charge in [-0.2, -0.15) is 0 Å². The number of furan rings is 1. The number of aromatic nitrogens is 2. The van der Waals surface area contributed by atoms with E-state index in [1.54, 1.807) is 30.7 Å². The number of pyridine rings is 2. The molecule has 0 bridgehead atoms. The third-order valence-corrected chi connectivity index (χ3v) is 4.55. The topological polar surface area (TPSA) is 123 Å². The lowest BCUT2D eigenvalue weighted by Crippen LogP contribution is -2.43. The Morgan fingerprint density at radius 1 is 1.35 bits per heavy atom. The maximum atomic E-state index is 12.8. The zero-order chi connectivity index (χ0) is 18.1. The fourth-order valence-corrected chi connectivity index (χ4v) is 3.34. The predicted octanol–water partition coefficient (Wildman–Crippen LogP) is 1.98. The lowest BCUT2D eigenvalue weighted by atomic mass is 10.1. The number of nitrogens with one attached hydrogen (secondary N) is 1. The molecule has 3 aromatic rings. The first-order valence-electron chi connectivity index (χ1n) is 8.52. The maximum absolute atomic E-state index is 12.8. The van der Waals surface area contributed by atoms with E-state index in [9.17, 15) is 4.79 Å². The third kappa shape index (κ3) is 2.95. The highest BCUT2D eigenvalue weighted by atomic mass is 16.3. The number of fused-ring (bicyclic) bond motifs is 1. The summed E-state index contributed by atoms with van der Waals surface area (Å²) in [5.41, 5.74) is 14.6. The van der Waals surface area contributed by atoms with Gasteiger partial charge in [-0.25, -0.2) is 0 Å². The molecule has 0 spiro atoms. The van der Waals surface area contributed by atoms with Crippen LogP contribution in [-0.4, -0.2) is 35.0 Å². The summed E-state index contributed by atoms with van der Waals surface area (Å²) < 4.78 is 5.43. The van der Waals surface area contributed by atoms with Crippen molar-refractivity contribution >= 4 is 34.3 Å². The van der Waals surface area contributed by atoms with Crippen LogP contribution in [0.2, 0.25) is 0 Å². The second kappa shape index (κ2) is 6.64. The molecule has 5 N–H and O–H groups in total. The molecule has 1 fully saturated rings. The number of nitrogens with two attached hydrogens (primary N) is 2. The van der Waals surface area contributed by atoms with E-state index in [4.69, 9.17) is 15.9 Å². The first-order valence-corrected chi connectivity index (χ1v) is 8.52. The van der Waals surface area contributed by atoms with E-state index >= 15 is 0 Å². The number of nitrogens with zero attached hydrogens (tertiary/aromatic N) is 3. The standard InChI is InChI=1S/C18H20N6O2/c19-11-3-2-8-24(10-11)13-5-7-21-9-12(13)23-18(25)15-16-14(26-17(15)20)4-1-6-22-16/h1,4-7,9,11H,2-3,8,10,19-20H2,(H,23,25)/t11-/m0/s1. The molecule has 0 aliphatic carbocycles. The van der Waals surface area contributed by atoms with Gasteiger partial charge in [0.15, 0.2) is 5.58 Å². The Morgan fingerprint density at radius 3 is 3.08 bits per heavy atom. The minimum Gasteiger partial charge on any atom is -0.438 e. The zero-order valence-corrected chi connectivity index (χ0v) is 14.2. The summed E-state index contributed by atoms with van der Waals surface area (Å²) in [7, 11) is 0. The Kier molecular flexibility index (Phi) is 4.18. The fourth-order valence-electron chi connectivity index (χ4n) is 3.34. The van der Waals surface area contributed by atoms with Crippen LogP contribution in [0, 0.1) is 0 Å². The molecule has 3 aromatic heterocycles. The number of carbonyl (C=O) groups is 1. The van der Waals surface area contributed by atoms with Gasteiger partial charge in [0.2, 0.25) is 5.88 Å². The molecular weight excluding hydrogens is 332 g/mol. The van der Waals surface area contributed by atoms with Crippen molar-refractivity contribution in [2.75, 3.05) is 29.0 Å². The lowest BCUT2D eigenvalue weighted by molar-refractivity contribution is 0.102. The number of nitrogen functional groups attached to an aromatic ring is 1. The van der Waals surface area contributed by atoms with E-state index in [1.807, 2.05) is 6.07 Å². The third-order valence-electron chi connectivity index (χ3n) is 4.55. The van der Waals surface area contributed by atoms with E-state index in [2.05, 4.69) is 20.2 Å². The molecule has 0 aromatic carbocycles. The number of amides is 1. The van der Waals surface area contributed by atoms with Crippen LogP contribution in [0.25, 0.3) is 11.1 Å². The summed E-state index contributed by atoms with van der Waals surface area (Å²) in [4.78, 5) is 23.4. The van der Waals surface area contributed by atoms with Crippen LogP contribution >= 0.6 is 0 Å². The first-order chi connectivity index (χ1) is 12.6.